The minimum Gasteiger partial charge on any atom is -0.388 e. The van der Waals surface area contributed by atoms with Crippen molar-refractivity contribution in [2.45, 2.75) is 66.2 Å². The topological polar surface area (TPSA) is 36.4 Å². The molecule has 0 spiro atoms. The molecule has 0 aliphatic heterocycles. The van der Waals surface area contributed by atoms with Crippen molar-refractivity contribution in [2.75, 3.05) is 27.2 Å². The molecule has 2 aliphatic carbocycles. The van der Waals surface area contributed by atoms with Crippen LogP contribution >= 0.6 is 12.1 Å². The zero-order valence-electron chi connectivity index (χ0n) is 28.5. The van der Waals surface area contributed by atoms with Gasteiger partial charge in [0, 0.05) is 37.3 Å². The van der Waals surface area contributed by atoms with Gasteiger partial charge >= 0.3 is 0 Å². The Balaban J connectivity index is 0.000000256. The Morgan fingerprint density at radius 2 is 1.73 bits per heavy atom. The van der Waals surface area contributed by atoms with Gasteiger partial charge in [0.15, 0.2) is 0 Å². The molecule has 2 atom stereocenters. The quantitative estimate of drug-likeness (QED) is 0.140. The summed E-state index contributed by atoms with van der Waals surface area (Å²) in [4.78, 5) is 4.28. The van der Waals surface area contributed by atoms with Crippen molar-refractivity contribution < 1.29 is 3.89 Å². The minimum absolute atomic E-state index is 0.233. The average molecular weight is 628 g/mol. The van der Waals surface area contributed by atoms with Crippen LogP contribution < -0.4 is 10.6 Å². The fourth-order valence-corrected chi connectivity index (χ4v) is 5.46. The summed E-state index contributed by atoms with van der Waals surface area (Å²) in [6, 6.07) is 19.3. The summed E-state index contributed by atoms with van der Waals surface area (Å²) in [6.45, 7) is 16.4. The van der Waals surface area contributed by atoms with Crippen LogP contribution in [0.3, 0.4) is 0 Å². The van der Waals surface area contributed by atoms with Gasteiger partial charge < -0.3 is 10.6 Å². The average Bonchev–Trinajstić information content (AvgIpc) is 3.33. The lowest BCUT2D eigenvalue weighted by Gasteiger charge is -2.15. The van der Waals surface area contributed by atoms with Crippen LogP contribution in [0.5, 0.6) is 0 Å². The van der Waals surface area contributed by atoms with E-state index in [4.69, 9.17) is 0 Å². The maximum atomic E-state index is 11.9. The molecule has 2 aliphatic rings. The van der Waals surface area contributed by atoms with Crippen molar-refractivity contribution in [3.63, 3.8) is 0 Å². The van der Waals surface area contributed by atoms with E-state index in [1.807, 2.05) is 27.0 Å². The number of halogens is 1. The van der Waals surface area contributed by atoms with Gasteiger partial charge in [-0.25, -0.2) is 0 Å². The number of aliphatic imine (C=N–C) groups is 1. The van der Waals surface area contributed by atoms with Gasteiger partial charge in [-0.2, -0.15) is 3.89 Å². The second-order valence-corrected chi connectivity index (χ2v) is 12.3. The van der Waals surface area contributed by atoms with Gasteiger partial charge in [-0.3, -0.25) is 4.99 Å². The van der Waals surface area contributed by atoms with Crippen LogP contribution in [0.2, 0.25) is 0 Å². The van der Waals surface area contributed by atoms with Crippen molar-refractivity contribution in [1.82, 2.24) is 10.6 Å². The molecule has 0 saturated heterocycles. The number of aryl methyl sites for hydroxylation is 1. The maximum Gasteiger partial charge on any atom is 0.0827 e. The van der Waals surface area contributed by atoms with E-state index in [9.17, 15) is 3.89 Å². The van der Waals surface area contributed by atoms with Crippen LogP contribution in [-0.4, -0.2) is 33.4 Å². The summed E-state index contributed by atoms with van der Waals surface area (Å²) < 4.78 is 11.9. The lowest BCUT2D eigenvalue weighted by atomic mass is 9.89. The summed E-state index contributed by atoms with van der Waals surface area (Å²) in [5.41, 5.74) is 10.7. The summed E-state index contributed by atoms with van der Waals surface area (Å²) in [5, 5.41) is 6.83. The first kappa shape index (κ1) is 37.8. The fourth-order valence-electron chi connectivity index (χ4n) is 5.16. The van der Waals surface area contributed by atoms with E-state index in [-0.39, 0.29) is 12.1 Å². The lowest BCUT2D eigenvalue weighted by Crippen LogP contribution is -2.19. The molecule has 2 aromatic rings. The Kier molecular flexibility index (Phi) is 17.9. The molecule has 2 unspecified atom stereocenters. The Morgan fingerprint density at radius 3 is 2.29 bits per heavy atom. The highest BCUT2D eigenvalue weighted by atomic mass is 32.2. The van der Waals surface area contributed by atoms with Crippen LogP contribution in [-0.2, 0) is 0 Å². The Labute approximate surface area is 277 Å². The van der Waals surface area contributed by atoms with Gasteiger partial charge in [-0.1, -0.05) is 97.0 Å². The first-order chi connectivity index (χ1) is 21.8. The zero-order chi connectivity index (χ0) is 33.0. The fraction of sp³-hybridized carbons (Fsp3) is 0.375. The first-order valence-electron chi connectivity index (χ1n) is 16.0. The third-order valence-electron chi connectivity index (χ3n) is 8.07. The zero-order valence-corrected chi connectivity index (χ0v) is 29.3. The molecule has 0 radical (unpaired) electrons. The number of nitrogens with one attached hydrogen (secondary N) is 2. The van der Waals surface area contributed by atoms with E-state index in [0.717, 1.165) is 31.5 Å². The van der Waals surface area contributed by atoms with E-state index in [2.05, 4.69) is 122 Å². The van der Waals surface area contributed by atoms with Crippen LogP contribution in [0.25, 0.3) is 5.57 Å². The number of hydrogen-bond acceptors (Lipinski definition) is 4. The molecule has 0 amide bonds. The predicted molar refractivity (Wildman–Crippen MR) is 200 cm³/mol. The largest absolute Gasteiger partial charge is 0.388 e. The van der Waals surface area contributed by atoms with Crippen molar-refractivity contribution >= 4 is 23.9 Å². The molecule has 5 heteroatoms. The molecule has 45 heavy (non-hydrogen) atoms. The molecule has 0 fully saturated rings. The summed E-state index contributed by atoms with van der Waals surface area (Å²) in [6.07, 6.45) is 17.2. The number of benzene rings is 2. The second kappa shape index (κ2) is 21.3. The normalized spacial score (nSPS) is 17.1. The summed E-state index contributed by atoms with van der Waals surface area (Å²) >= 11 is 0.233. The maximum absolute atomic E-state index is 11.9. The number of nitrogens with zero attached hydrogens (tertiary/aromatic N) is 1. The molecule has 2 aromatic carbocycles. The van der Waals surface area contributed by atoms with Gasteiger partial charge in [0.1, 0.15) is 0 Å². The van der Waals surface area contributed by atoms with E-state index < -0.39 is 0 Å². The molecular weight excluding hydrogens is 574 g/mol. The first-order valence-corrected chi connectivity index (χ1v) is 16.8. The third kappa shape index (κ3) is 12.8. The van der Waals surface area contributed by atoms with Gasteiger partial charge in [0.2, 0.25) is 0 Å². The summed E-state index contributed by atoms with van der Waals surface area (Å²) in [5.74, 6) is 1.06. The lowest BCUT2D eigenvalue weighted by molar-refractivity contribution is 0.616. The van der Waals surface area contributed by atoms with Gasteiger partial charge in [-0.05, 0) is 101 Å². The Bertz CT molecular complexity index is 1380. The van der Waals surface area contributed by atoms with Gasteiger partial charge in [0.25, 0.3) is 0 Å². The number of hydrogen-bond donors (Lipinski definition) is 2. The predicted octanol–water partition coefficient (Wildman–Crippen LogP) is 10.7. The van der Waals surface area contributed by atoms with Crippen LogP contribution in [0, 0.1) is 12.8 Å². The van der Waals surface area contributed by atoms with Crippen LogP contribution in [0.1, 0.15) is 76.0 Å². The molecular formula is C40H54FN3S. The van der Waals surface area contributed by atoms with Crippen molar-refractivity contribution in [2.24, 2.45) is 10.9 Å². The van der Waals surface area contributed by atoms with Crippen molar-refractivity contribution in [3.05, 3.63) is 136 Å². The van der Waals surface area contributed by atoms with Gasteiger partial charge in [-0.15, -0.1) is 6.58 Å². The third-order valence-corrected chi connectivity index (χ3v) is 8.75. The SMILES string of the molecule is C=CCC1=CCC(c2ccccc2)C=C1.CN=CC(SF)=C(C)C.CNCCCCNC1=CC(c2ccccc2C)=C(C)C1C. The number of rotatable bonds is 12. The molecule has 242 valence electrons. The van der Waals surface area contributed by atoms with E-state index in [0.29, 0.717) is 16.7 Å². The molecule has 4 rings (SSSR count). The van der Waals surface area contributed by atoms with Crippen LogP contribution in [0.15, 0.2) is 124 Å². The molecule has 2 N–H and O–H groups in total. The highest BCUT2D eigenvalue weighted by Gasteiger charge is 2.22. The number of unbranched alkanes of at least 4 members (excludes halogenated alkanes) is 1. The summed E-state index contributed by atoms with van der Waals surface area (Å²) in [7, 11) is 3.63. The van der Waals surface area contributed by atoms with Gasteiger partial charge in [0.05, 0.1) is 17.1 Å². The van der Waals surface area contributed by atoms with E-state index in [1.54, 1.807) is 7.05 Å². The standard InChI is InChI=1S/C19H28N2.C15H16.C6H10FNS/c1-14-9-5-6-10-17(14)18-13-19(16(3)15(18)2)21-12-8-7-11-20-4;1-2-6-13-9-11-15(12-10-13)14-7-4-3-5-8-14;1-5(2)6(9-7)4-8-3/h5-6,9-10,13,16,20-21H,7-8,11-12H2,1-4H3;2-5,7-11,15H,1,6,12H2;4H,1-3H3. The highest BCUT2D eigenvalue weighted by Crippen LogP contribution is 2.36. The molecule has 0 saturated carbocycles. The molecule has 0 aromatic heterocycles. The van der Waals surface area contributed by atoms with Crippen molar-refractivity contribution in [1.29, 1.82) is 0 Å². The molecule has 0 heterocycles. The monoisotopic (exact) mass is 627 g/mol. The minimum atomic E-state index is 0.233. The van der Waals surface area contributed by atoms with Crippen molar-refractivity contribution in [3.8, 4) is 0 Å². The number of allylic oxidation sites excluding steroid dienone is 10. The van der Waals surface area contributed by atoms with Crippen LogP contribution in [0.4, 0.5) is 3.89 Å². The smallest absolute Gasteiger partial charge is 0.0827 e. The van der Waals surface area contributed by atoms with E-state index >= 15 is 0 Å². The highest BCUT2D eigenvalue weighted by molar-refractivity contribution is 7.99. The molecule has 0 bridgehead atoms. The van der Waals surface area contributed by atoms with E-state index in [1.165, 1.54) is 58.2 Å². The second-order valence-electron chi connectivity index (χ2n) is 11.7. The molecule has 3 nitrogen and oxygen atoms in total. The Hall–Kier alpha value is -3.41. The Morgan fingerprint density at radius 1 is 1.04 bits per heavy atom.